The van der Waals surface area contributed by atoms with Gasteiger partial charge < -0.3 is 20.1 Å². The average Bonchev–Trinajstić information content (AvgIpc) is 3.53. The van der Waals surface area contributed by atoms with E-state index in [9.17, 15) is 17.6 Å². The van der Waals surface area contributed by atoms with E-state index in [1.807, 2.05) is 11.8 Å². The fourth-order valence-corrected chi connectivity index (χ4v) is 4.54. The largest absolute Gasteiger partial charge is 0.489 e. The van der Waals surface area contributed by atoms with E-state index in [-0.39, 0.29) is 35.3 Å². The van der Waals surface area contributed by atoms with Crippen LogP contribution in [0.25, 0.3) is 0 Å². The molecular weight excluding hydrogens is 423 g/mol. The van der Waals surface area contributed by atoms with Gasteiger partial charge in [-0.2, -0.15) is 0 Å². The molecule has 9 heteroatoms. The predicted octanol–water partition coefficient (Wildman–Crippen LogP) is 2.66. The van der Waals surface area contributed by atoms with Gasteiger partial charge in [0.25, 0.3) is 0 Å². The van der Waals surface area contributed by atoms with Gasteiger partial charge in [-0.3, -0.25) is 4.79 Å². The summed E-state index contributed by atoms with van der Waals surface area (Å²) in [7, 11) is -3.59. The maximum Gasteiger partial charge on any atom is 0.228 e. The number of halogens is 1. The highest BCUT2D eigenvalue weighted by Gasteiger charge is 2.47. The minimum atomic E-state index is -3.59. The smallest absolute Gasteiger partial charge is 0.228 e. The van der Waals surface area contributed by atoms with Crippen LogP contribution in [0.15, 0.2) is 41.1 Å². The second-order valence-electron chi connectivity index (χ2n) is 8.63. The maximum absolute atomic E-state index is 12.5. The molecule has 1 aliphatic heterocycles. The van der Waals surface area contributed by atoms with Crippen LogP contribution in [0.3, 0.4) is 0 Å². The Labute approximate surface area is 183 Å². The van der Waals surface area contributed by atoms with Crippen molar-refractivity contribution in [3.8, 4) is 5.75 Å². The molecule has 0 unspecified atom stereocenters. The van der Waals surface area contributed by atoms with Crippen molar-refractivity contribution in [1.29, 1.82) is 0 Å². The zero-order valence-corrected chi connectivity index (χ0v) is 18.7. The Bertz CT molecular complexity index is 889. The summed E-state index contributed by atoms with van der Waals surface area (Å²) in [6.07, 6.45) is 4.01. The lowest BCUT2D eigenvalue weighted by Gasteiger charge is -2.33. The number of hydrogen-bond acceptors (Lipinski definition) is 6. The summed E-state index contributed by atoms with van der Waals surface area (Å²) in [4.78, 5) is 14.5. The van der Waals surface area contributed by atoms with Gasteiger partial charge in [0.05, 0.1) is 17.8 Å². The molecule has 1 saturated carbocycles. The predicted molar refractivity (Wildman–Crippen MR) is 115 cm³/mol. The third-order valence-corrected chi connectivity index (χ3v) is 7.50. The molecule has 31 heavy (non-hydrogen) atoms. The van der Waals surface area contributed by atoms with E-state index in [2.05, 4.69) is 0 Å². The Morgan fingerprint density at radius 2 is 1.90 bits per heavy atom. The molecule has 2 fully saturated rings. The fraction of sp³-hybridized carbons (Fsp3) is 0.591. The van der Waals surface area contributed by atoms with Crippen LogP contribution in [0.1, 0.15) is 32.6 Å². The van der Waals surface area contributed by atoms with Gasteiger partial charge in [-0.1, -0.05) is 6.92 Å². The highest BCUT2D eigenvalue weighted by atomic mass is 32.2. The summed E-state index contributed by atoms with van der Waals surface area (Å²) >= 11 is 0. The lowest BCUT2D eigenvalue weighted by Crippen LogP contribution is -2.42. The quantitative estimate of drug-likeness (QED) is 0.584. The van der Waals surface area contributed by atoms with Crippen LogP contribution in [-0.4, -0.2) is 58.0 Å². The Morgan fingerprint density at radius 1 is 1.26 bits per heavy atom. The third-order valence-electron chi connectivity index (χ3n) is 6.03. The van der Waals surface area contributed by atoms with Gasteiger partial charge in [-0.25, -0.2) is 12.8 Å². The van der Waals surface area contributed by atoms with Gasteiger partial charge in [0, 0.05) is 30.6 Å². The van der Waals surface area contributed by atoms with Crippen LogP contribution in [0.4, 0.5) is 4.39 Å². The van der Waals surface area contributed by atoms with Gasteiger partial charge in [0.2, 0.25) is 15.7 Å². The molecule has 3 rings (SSSR count). The fourth-order valence-electron chi connectivity index (χ4n) is 3.53. The van der Waals surface area contributed by atoms with E-state index in [1.165, 1.54) is 24.3 Å². The standard InChI is InChI=1S/C22H31FN2O5S/c1-22(8-9-22)21(26)25-10-6-17(7-11-25)14-29-16-31(27,28)20-4-2-19(3-5-20)30-15-18(12-23)13-24/h2-5,12,17H,6-11,13-16,24H2,1H3/b18-12+. The molecule has 0 aromatic heterocycles. The number of sulfone groups is 1. The molecule has 1 aliphatic carbocycles. The molecule has 2 N–H and O–H groups in total. The van der Waals surface area contributed by atoms with Crippen LogP contribution >= 0.6 is 0 Å². The number of nitrogens with two attached hydrogens (primary N) is 1. The van der Waals surface area contributed by atoms with E-state index in [4.69, 9.17) is 15.2 Å². The van der Waals surface area contributed by atoms with Gasteiger partial charge in [-0.15, -0.1) is 0 Å². The lowest BCUT2D eigenvalue weighted by atomic mass is 9.96. The van der Waals surface area contributed by atoms with Crippen LogP contribution in [0.5, 0.6) is 5.75 Å². The van der Waals surface area contributed by atoms with Crippen LogP contribution in [0, 0.1) is 11.3 Å². The normalized spacial score (nSPS) is 19.3. The van der Waals surface area contributed by atoms with Gasteiger partial charge in [-0.05, 0) is 55.9 Å². The summed E-state index contributed by atoms with van der Waals surface area (Å²) in [5, 5.41) is 0. The van der Waals surface area contributed by atoms with Crippen LogP contribution in [0.2, 0.25) is 0 Å². The summed E-state index contributed by atoms with van der Waals surface area (Å²) in [5.41, 5.74) is 5.53. The van der Waals surface area contributed by atoms with Crippen molar-refractivity contribution < 1.29 is 27.1 Å². The number of hydrogen-bond donors (Lipinski definition) is 1. The molecular formula is C22H31FN2O5S. The Kier molecular flexibility index (Phi) is 7.72. The number of likely N-dealkylation sites (tertiary alicyclic amines) is 1. The first-order valence-electron chi connectivity index (χ1n) is 10.6. The second-order valence-corrected chi connectivity index (χ2v) is 10.6. The first kappa shape index (κ1) is 23.7. The number of carbonyl (C=O) groups excluding carboxylic acids is 1. The Hall–Kier alpha value is -1.97. The van der Waals surface area contributed by atoms with Crippen LogP contribution in [-0.2, 0) is 19.4 Å². The van der Waals surface area contributed by atoms with Gasteiger partial charge in [0.15, 0.2) is 5.94 Å². The van der Waals surface area contributed by atoms with Crippen molar-refractivity contribution in [1.82, 2.24) is 4.90 Å². The maximum atomic E-state index is 12.5. The molecule has 1 amide bonds. The number of carbonyl (C=O) groups is 1. The van der Waals surface area contributed by atoms with Crippen molar-refractivity contribution in [2.24, 2.45) is 17.1 Å². The second kappa shape index (κ2) is 10.1. The van der Waals surface area contributed by atoms with E-state index in [0.717, 1.165) is 25.7 Å². The minimum Gasteiger partial charge on any atom is -0.489 e. The molecule has 1 heterocycles. The minimum absolute atomic E-state index is 0.00582. The topological polar surface area (TPSA) is 98.9 Å². The summed E-state index contributed by atoms with van der Waals surface area (Å²) < 4.78 is 48.4. The lowest BCUT2D eigenvalue weighted by molar-refractivity contribution is -0.138. The van der Waals surface area contributed by atoms with Crippen LogP contribution < -0.4 is 10.5 Å². The van der Waals surface area contributed by atoms with E-state index < -0.39 is 15.8 Å². The highest BCUT2D eigenvalue weighted by Crippen LogP contribution is 2.46. The Morgan fingerprint density at radius 3 is 2.45 bits per heavy atom. The monoisotopic (exact) mass is 454 g/mol. The summed E-state index contributed by atoms with van der Waals surface area (Å²) in [6, 6.07) is 5.93. The molecule has 1 saturated heterocycles. The van der Waals surface area contributed by atoms with E-state index in [0.29, 0.717) is 37.3 Å². The number of ether oxygens (including phenoxy) is 2. The molecule has 0 spiro atoms. The van der Waals surface area contributed by atoms with Crippen molar-refractivity contribution in [3.05, 3.63) is 36.2 Å². The van der Waals surface area contributed by atoms with E-state index in [1.54, 1.807) is 0 Å². The van der Waals surface area contributed by atoms with Gasteiger partial charge >= 0.3 is 0 Å². The number of amides is 1. The van der Waals surface area contributed by atoms with Crippen molar-refractivity contribution >= 4 is 15.7 Å². The van der Waals surface area contributed by atoms with Crippen molar-refractivity contribution in [3.63, 3.8) is 0 Å². The molecule has 7 nitrogen and oxygen atoms in total. The summed E-state index contributed by atoms with van der Waals surface area (Å²) in [6.45, 7) is 3.85. The van der Waals surface area contributed by atoms with Crippen molar-refractivity contribution in [2.75, 3.05) is 38.8 Å². The molecule has 1 aromatic carbocycles. The third kappa shape index (κ3) is 6.27. The van der Waals surface area contributed by atoms with E-state index >= 15 is 0 Å². The molecule has 172 valence electrons. The zero-order chi connectivity index (χ0) is 22.5. The Balaban J connectivity index is 1.41. The number of benzene rings is 1. The highest BCUT2D eigenvalue weighted by molar-refractivity contribution is 7.91. The summed E-state index contributed by atoms with van der Waals surface area (Å²) in [5.74, 6) is 0.532. The molecule has 1 aromatic rings. The first-order valence-corrected chi connectivity index (χ1v) is 12.2. The van der Waals surface area contributed by atoms with Crippen molar-refractivity contribution in [2.45, 2.75) is 37.5 Å². The SMILES string of the molecule is CC1(C(=O)N2CCC(COCS(=O)(=O)c3ccc(OC/C(=C/F)CN)cc3)CC2)CC1. The number of nitrogens with zero attached hydrogens (tertiary/aromatic N) is 1. The zero-order valence-electron chi connectivity index (χ0n) is 17.9. The molecule has 0 bridgehead atoms. The molecule has 0 atom stereocenters. The number of rotatable bonds is 10. The first-order chi connectivity index (χ1) is 14.8. The number of piperidine rings is 1. The van der Waals surface area contributed by atoms with Gasteiger partial charge in [0.1, 0.15) is 12.4 Å². The molecule has 2 aliphatic rings. The average molecular weight is 455 g/mol. The molecule has 0 radical (unpaired) electrons.